The van der Waals surface area contributed by atoms with Gasteiger partial charge in [-0.05, 0) is 6.07 Å². The van der Waals surface area contributed by atoms with Crippen molar-refractivity contribution in [2.75, 3.05) is 0 Å². The van der Waals surface area contributed by atoms with Gasteiger partial charge in [-0.1, -0.05) is 11.6 Å². The van der Waals surface area contributed by atoms with E-state index in [2.05, 4.69) is 4.98 Å². The third kappa shape index (κ3) is 1.91. The second kappa shape index (κ2) is 3.36. The molecule has 68 valence electrons. The standard InChI is InChI=1S/C6H3ClN2O4/c7-3-1-4(6(10)11)8-2-5(3)9(12)13/h1-2H,(H,10,11). The SMILES string of the molecule is O=C(O)c1cc(Cl)c([N+](=O)[O-])cn1. The maximum atomic E-state index is 10.3. The second-order valence-electron chi connectivity index (χ2n) is 2.08. The zero-order valence-corrected chi connectivity index (χ0v) is 6.85. The third-order valence-electron chi connectivity index (χ3n) is 1.25. The van der Waals surface area contributed by atoms with Crippen LogP contribution < -0.4 is 0 Å². The van der Waals surface area contributed by atoms with Crippen LogP contribution in [0.1, 0.15) is 10.5 Å². The van der Waals surface area contributed by atoms with Crippen molar-refractivity contribution in [2.24, 2.45) is 0 Å². The number of carboxylic acids is 1. The maximum Gasteiger partial charge on any atom is 0.354 e. The van der Waals surface area contributed by atoms with Crippen molar-refractivity contribution in [2.45, 2.75) is 0 Å². The van der Waals surface area contributed by atoms with E-state index < -0.39 is 16.6 Å². The van der Waals surface area contributed by atoms with E-state index in [1.807, 2.05) is 0 Å². The number of rotatable bonds is 2. The molecule has 0 fully saturated rings. The molecule has 0 radical (unpaired) electrons. The van der Waals surface area contributed by atoms with Gasteiger partial charge in [-0.3, -0.25) is 10.1 Å². The fourth-order valence-electron chi connectivity index (χ4n) is 0.675. The van der Waals surface area contributed by atoms with Crippen LogP contribution in [0, 0.1) is 10.1 Å². The Morgan fingerprint density at radius 3 is 2.69 bits per heavy atom. The summed E-state index contributed by atoms with van der Waals surface area (Å²) < 4.78 is 0. The Morgan fingerprint density at radius 2 is 2.31 bits per heavy atom. The largest absolute Gasteiger partial charge is 0.477 e. The van der Waals surface area contributed by atoms with Gasteiger partial charge in [0.1, 0.15) is 16.9 Å². The first kappa shape index (κ1) is 9.40. The van der Waals surface area contributed by atoms with E-state index in [-0.39, 0.29) is 10.7 Å². The summed E-state index contributed by atoms with van der Waals surface area (Å²) in [6.07, 6.45) is 0.811. The van der Waals surface area contributed by atoms with Crippen molar-refractivity contribution in [1.29, 1.82) is 0 Å². The van der Waals surface area contributed by atoms with E-state index in [0.717, 1.165) is 12.3 Å². The Morgan fingerprint density at radius 1 is 1.69 bits per heavy atom. The molecule has 6 nitrogen and oxygen atoms in total. The Bertz CT molecular complexity index is 379. The van der Waals surface area contributed by atoms with Gasteiger partial charge in [0.2, 0.25) is 0 Å². The molecule has 1 aromatic heterocycles. The quantitative estimate of drug-likeness (QED) is 0.577. The first-order valence-electron chi connectivity index (χ1n) is 3.05. The molecule has 0 saturated carbocycles. The maximum absolute atomic E-state index is 10.3. The van der Waals surface area contributed by atoms with E-state index in [9.17, 15) is 14.9 Å². The number of hydrogen-bond acceptors (Lipinski definition) is 4. The summed E-state index contributed by atoms with van der Waals surface area (Å²) in [5.74, 6) is -1.28. The number of carboxylic acid groups (broad SMARTS) is 1. The number of aromatic carboxylic acids is 1. The summed E-state index contributed by atoms with van der Waals surface area (Å²) in [4.78, 5) is 23.2. The molecular weight excluding hydrogens is 200 g/mol. The summed E-state index contributed by atoms with van der Waals surface area (Å²) in [6.45, 7) is 0. The summed E-state index contributed by atoms with van der Waals surface area (Å²) in [7, 11) is 0. The number of aromatic nitrogens is 1. The van der Waals surface area contributed by atoms with Crippen LogP contribution in [0.4, 0.5) is 5.69 Å². The van der Waals surface area contributed by atoms with Crippen molar-refractivity contribution in [3.05, 3.63) is 33.1 Å². The average Bonchev–Trinajstić information content (AvgIpc) is 2.03. The zero-order chi connectivity index (χ0) is 10.0. The number of carbonyl (C=O) groups is 1. The number of hydrogen-bond donors (Lipinski definition) is 1. The summed E-state index contributed by atoms with van der Waals surface area (Å²) in [5.41, 5.74) is -0.734. The lowest BCUT2D eigenvalue weighted by molar-refractivity contribution is -0.385. The minimum absolute atomic E-state index is 0.239. The fourth-order valence-corrected chi connectivity index (χ4v) is 0.896. The highest BCUT2D eigenvalue weighted by Crippen LogP contribution is 2.22. The van der Waals surface area contributed by atoms with Crippen LogP contribution in [-0.2, 0) is 0 Å². The van der Waals surface area contributed by atoms with Crippen LogP contribution in [0.3, 0.4) is 0 Å². The van der Waals surface area contributed by atoms with E-state index in [0.29, 0.717) is 0 Å². The molecule has 0 unspecified atom stereocenters. The number of nitrogens with zero attached hydrogens (tertiary/aromatic N) is 2. The molecule has 0 aromatic carbocycles. The molecule has 1 rings (SSSR count). The number of halogens is 1. The van der Waals surface area contributed by atoms with Crippen LogP contribution in [0.5, 0.6) is 0 Å². The molecule has 0 spiro atoms. The molecule has 0 atom stereocenters. The number of pyridine rings is 1. The lowest BCUT2D eigenvalue weighted by atomic mass is 10.3. The molecule has 0 aliphatic rings. The molecule has 0 bridgehead atoms. The van der Waals surface area contributed by atoms with E-state index in [1.165, 1.54) is 0 Å². The van der Waals surface area contributed by atoms with Gasteiger partial charge < -0.3 is 5.11 Å². The highest BCUT2D eigenvalue weighted by Gasteiger charge is 2.15. The topological polar surface area (TPSA) is 93.3 Å². The van der Waals surface area contributed by atoms with Crippen molar-refractivity contribution in [1.82, 2.24) is 4.98 Å². The molecular formula is C6H3ClN2O4. The summed E-state index contributed by atoms with van der Waals surface area (Å²) in [5, 5.41) is 18.4. The molecule has 0 aliphatic carbocycles. The van der Waals surface area contributed by atoms with Crippen molar-refractivity contribution < 1.29 is 14.8 Å². The molecule has 7 heteroatoms. The highest BCUT2D eigenvalue weighted by atomic mass is 35.5. The van der Waals surface area contributed by atoms with Gasteiger partial charge in [0.25, 0.3) is 0 Å². The zero-order valence-electron chi connectivity index (χ0n) is 6.10. The minimum Gasteiger partial charge on any atom is -0.477 e. The molecule has 0 saturated heterocycles. The van der Waals surface area contributed by atoms with Gasteiger partial charge in [-0.15, -0.1) is 0 Å². The number of nitro groups is 1. The first-order chi connectivity index (χ1) is 6.02. The molecule has 1 aromatic rings. The minimum atomic E-state index is -1.28. The van der Waals surface area contributed by atoms with Gasteiger partial charge in [-0.2, -0.15) is 0 Å². The Labute approximate surface area is 76.9 Å². The molecule has 0 aliphatic heterocycles. The fraction of sp³-hybridized carbons (Fsp3) is 0. The second-order valence-corrected chi connectivity index (χ2v) is 2.49. The van der Waals surface area contributed by atoms with Crippen LogP contribution in [0.25, 0.3) is 0 Å². The summed E-state index contributed by atoms with van der Waals surface area (Å²) >= 11 is 5.42. The Balaban J connectivity index is 3.20. The monoisotopic (exact) mass is 202 g/mol. The van der Waals surface area contributed by atoms with Crippen LogP contribution >= 0.6 is 11.6 Å². The molecule has 1 heterocycles. The smallest absolute Gasteiger partial charge is 0.354 e. The predicted molar refractivity (Wildman–Crippen MR) is 42.9 cm³/mol. The van der Waals surface area contributed by atoms with Crippen LogP contribution in [0.15, 0.2) is 12.3 Å². The molecule has 1 N–H and O–H groups in total. The Hall–Kier alpha value is -1.69. The van der Waals surface area contributed by atoms with Crippen molar-refractivity contribution in [3.63, 3.8) is 0 Å². The summed E-state index contributed by atoms with van der Waals surface area (Å²) in [6, 6.07) is 0.933. The van der Waals surface area contributed by atoms with Gasteiger partial charge in [0.05, 0.1) is 4.92 Å². The first-order valence-corrected chi connectivity index (χ1v) is 3.43. The predicted octanol–water partition coefficient (Wildman–Crippen LogP) is 1.34. The Kier molecular flexibility index (Phi) is 2.43. The van der Waals surface area contributed by atoms with Crippen LogP contribution in [0.2, 0.25) is 5.02 Å². The van der Waals surface area contributed by atoms with E-state index >= 15 is 0 Å². The van der Waals surface area contributed by atoms with Gasteiger partial charge in [-0.25, -0.2) is 9.78 Å². The average molecular weight is 203 g/mol. The lowest BCUT2D eigenvalue weighted by Crippen LogP contribution is -2.01. The van der Waals surface area contributed by atoms with Crippen LogP contribution in [-0.4, -0.2) is 21.0 Å². The normalized spacial score (nSPS) is 9.62. The van der Waals surface area contributed by atoms with Gasteiger partial charge >= 0.3 is 11.7 Å². The van der Waals surface area contributed by atoms with Crippen molar-refractivity contribution >= 4 is 23.3 Å². The van der Waals surface area contributed by atoms with E-state index in [4.69, 9.17) is 16.7 Å². The molecule has 13 heavy (non-hydrogen) atoms. The third-order valence-corrected chi connectivity index (χ3v) is 1.55. The van der Waals surface area contributed by atoms with E-state index in [1.54, 1.807) is 0 Å². The highest BCUT2D eigenvalue weighted by molar-refractivity contribution is 6.32. The lowest BCUT2D eigenvalue weighted by Gasteiger charge is -1.95. The molecule has 0 amide bonds. The van der Waals surface area contributed by atoms with Crippen molar-refractivity contribution in [3.8, 4) is 0 Å². The van der Waals surface area contributed by atoms with Gasteiger partial charge in [0.15, 0.2) is 0 Å². The van der Waals surface area contributed by atoms with Gasteiger partial charge in [0, 0.05) is 0 Å².